The molecule has 2 aromatic carbocycles. The minimum atomic E-state index is -2.76. The van der Waals surface area contributed by atoms with Gasteiger partial charge in [0.25, 0.3) is 8.32 Å². The zero-order chi connectivity index (χ0) is 28.6. The Kier molecular flexibility index (Phi) is 11.8. The maximum absolute atomic E-state index is 12.1. The molecule has 6 heteroatoms. The van der Waals surface area contributed by atoms with Gasteiger partial charge >= 0.3 is 5.97 Å². The molecule has 0 heterocycles. The summed E-state index contributed by atoms with van der Waals surface area (Å²) in [5.41, 5.74) is -1.95. The Morgan fingerprint density at radius 1 is 0.895 bits per heavy atom. The molecule has 5 nitrogen and oxygen atoms in total. The summed E-state index contributed by atoms with van der Waals surface area (Å²) < 4.78 is 12.2. The van der Waals surface area contributed by atoms with Crippen molar-refractivity contribution in [2.45, 2.75) is 103 Å². The second-order valence-electron chi connectivity index (χ2n) is 12.0. The molecule has 5 atom stereocenters. The molecule has 2 rings (SSSR count). The molecule has 0 aliphatic carbocycles. The van der Waals surface area contributed by atoms with Gasteiger partial charge in [-0.05, 0) is 59.9 Å². The summed E-state index contributed by atoms with van der Waals surface area (Å²) in [6, 6.07) is 21.3. The number of rotatable bonds is 14. The van der Waals surface area contributed by atoms with Crippen molar-refractivity contribution in [2.24, 2.45) is 11.8 Å². The van der Waals surface area contributed by atoms with E-state index in [1.807, 2.05) is 12.1 Å². The van der Waals surface area contributed by atoms with E-state index in [-0.39, 0.29) is 23.5 Å². The Labute approximate surface area is 231 Å². The molecule has 212 valence electrons. The number of aliphatic hydroxyl groups is 2. The van der Waals surface area contributed by atoms with E-state index in [1.165, 1.54) is 24.4 Å². The number of ether oxygens (including phenoxy) is 1. The van der Waals surface area contributed by atoms with Crippen LogP contribution in [-0.4, -0.2) is 49.4 Å². The van der Waals surface area contributed by atoms with Crippen LogP contribution in [0, 0.1) is 11.8 Å². The van der Waals surface area contributed by atoms with E-state index in [1.54, 1.807) is 0 Å². The van der Waals surface area contributed by atoms with Crippen molar-refractivity contribution in [3.63, 3.8) is 0 Å². The highest BCUT2D eigenvalue weighted by Crippen LogP contribution is 2.40. The summed E-state index contributed by atoms with van der Waals surface area (Å²) >= 11 is 0. The van der Waals surface area contributed by atoms with E-state index >= 15 is 0 Å². The molecule has 0 aromatic heterocycles. The fourth-order valence-electron chi connectivity index (χ4n) is 5.57. The zero-order valence-corrected chi connectivity index (χ0v) is 25.7. The average Bonchev–Trinajstić information content (AvgIpc) is 2.91. The molecule has 0 amide bonds. The Balaban J connectivity index is 2.54. The Hall–Kier alpha value is -1.99. The number of carbonyl (C=O) groups is 1. The van der Waals surface area contributed by atoms with Gasteiger partial charge in [-0.25, -0.2) is 4.79 Å². The average molecular weight is 543 g/mol. The highest BCUT2D eigenvalue weighted by atomic mass is 28.4. The smallest absolute Gasteiger partial charge is 0.340 e. The highest BCUT2D eigenvalue weighted by Gasteiger charge is 2.52. The minimum Gasteiger partial charge on any atom is -0.467 e. The van der Waals surface area contributed by atoms with Gasteiger partial charge in [-0.1, -0.05) is 109 Å². The fraction of sp³-hybridized carbons (Fsp3) is 0.594. The first kappa shape index (κ1) is 32.2. The number of hydrogen-bond donors (Lipinski definition) is 2. The first-order chi connectivity index (χ1) is 17.8. The topological polar surface area (TPSA) is 76.0 Å². The van der Waals surface area contributed by atoms with Gasteiger partial charge in [-0.2, -0.15) is 0 Å². The number of hydrogen-bond acceptors (Lipinski definition) is 5. The van der Waals surface area contributed by atoms with Gasteiger partial charge in [-0.15, -0.1) is 0 Å². The third-order valence-corrected chi connectivity index (χ3v) is 13.2. The first-order valence-corrected chi connectivity index (χ1v) is 16.0. The minimum absolute atomic E-state index is 0.0504. The van der Waals surface area contributed by atoms with E-state index in [2.05, 4.69) is 90.1 Å². The summed E-state index contributed by atoms with van der Waals surface area (Å²) in [7, 11) is -1.54. The van der Waals surface area contributed by atoms with Gasteiger partial charge in [0, 0.05) is 6.10 Å². The third-order valence-electron chi connectivity index (χ3n) is 8.13. The molecule has 0 aliphatic rings. The fourth-order valence-corrected chi connectivity index (χ4v) is 10.4. The van der Waals surface area contributed by atoms with Crippen molar-refractivity contribution in [1.29, 1.82) is 0 Å². The van der Waals surface area contributed by atoms with E-state index < -0.39 is 26.0 Å². The Bertz CT molecular complexity index is 931. The SMILES string of the molecule is CC[C@H](C)C[C@@H](CCC(O)[C@](C)(O)C(=O)OC)[C@@H](CC)O[Si](c1ccccc1)(c1ccccc1)C(C)(C)C. The van der Waals surface area contributed by atoms with Crippen molar-refractivity contribution in [3.05, 3.63) is 60.7 Å². The summed E-state index contributed by atoms with van der Waals surface area (Å²) in [6.07, 6.45) is 2.47. The van der Waals surface area contributed by atoms with Crippen molar-refractivity contribution in [3.8, 4) is 0 Å². The van der Waals surface area contributed by atoms with Crippen LogP contribution in [0.3, 0.4) is 0 Å². The van der Waals surface area contributed by atoms with Crippen LogP contribution in [0.5, 0.6) is 0 Å². The van der Waals surface area contributed by atoms with E-state index in [9.17, 15) is 15.0 Å². The summed E-state index contributed by atoms with van der Waals surface area (Å²) in [5.74, 6) is -0.186. The predicted octanol–water partition coefficient (Wildman–Crippen LogP) is 5.46. The van der Waals surface area contributed by atoms with Crippen LogP contribution in [0.1, 0.15) is 80.6 Å². The van der Waals surface area contributed by atoms with E-state index in [0.717, 1.165) is 19.3 Å². The number of esters is 1. The standard InChI is InChI=1S/C32H50O5Si/c1-9-24(3)23-25(21-22-29(33)32(7,35)30(34)36-8)28(10-2)37-38(31(4,5)6,26-17-13-11-14-18-26)27-19-15-12-16-20-27/h11-20,24-25,28-29,33,35H,9-10,21-23H2,1-8H3/t24-,25+,28+,29?,32-/m0/s1. The molecule has 2 N–H and O–H groups in total. The maximum atomic E-state index is 12.1. The number of carbonyl (C=O) groups excluding carboxylic acids is 1. The van der Waals surface area contributed by atoms with Crippen molar-refractivity contribution in [1.82, 2.24) is 0 Å². The van der Waals surface area contributed by atoms with Gasteiger partial charge in [0.15, 0.2) is 5.60 Å². The maximum Gasteiger partial charge on any atom is 0.340 e. The second kappa shape index (κ2) is 13.9. The lowest BCUT2D eigenvalue weighted by Gasteiger charge is -2.47. The number of aliphatic hydroxyl groups excluding tert-OH is 1. The Morgan fingerprint density at radius 2 is 1.39 bits per heavy atom. The molecule has 0 saturated heterocycles. The molecule has 0 saturated carbocycles. The predicted molar refractivity (Wildman–Crippen MR) is 158 cm³/mol. The van der Waals surface area contributed by atoms with Gasteiger partial charge in [0.2, 0.25) is 0 Å². The van der Waals surface area contributed by atoms with Crippen molar-refractivity contribution in [2.75, 3.05) is 7.11 Å². The molecular formula is C32H50O5Si. The van der Waals surface area contributed by atoms with Gasteiger partial charge < -0.3 is 19.4 Å². The quantitative estimate of drug-likeness (QED) is 0.245. The van der Waals surface area contributed by atoms with Crippen molar-refractivity contribution >= 4 is 24.7 Å². The largest absolute Gasteiger partial charge is 0.467 e. The van der Waals surface area contributed by atoms with Gasteiger partial charge in [-0.3, -0.25) is 0 Å². The molecular weight excluding hydrogens is 492 g/mol. The zero-order valence-electron chi connectivity index (χ0n) is 24.7. The summed E-state index contributed by atoms with van der Waals surface area (Å²) in [6.45, 7) is 14.8. The van der Waals surface area contributed by atoms with Crippen LogP contribution < -0.4 is 10.4 Å². The summed E-state index contributed by atoms with van der Waals surface area (Å²) in [5, 5.41) is 23.8. The first-order valence-electron chi connectivity index (χ1n) is 14.1. The van der Waals surface area contributed by atoms with Crippen LogP contribution in [-0.2, 0) is 14.0 Å². The lowest BCUT2D eigenvalue weighted by atomic mass is 9.83. The molecule has 0 aliphatic heterocycles. The molecule has 0 fully saturated rings. The highest BCUT2D eigenvalue weighted by molar-refractivity contribution is 6.99. The van der Waals surface area contributed by atoms with Crippen LogP contribution >= 0.6 is 0 Å². The molecule has 38 heavy (non-hydrogen) atoms. The van der Waals surface area contributed by atoms with Crippen LogP contribution in [0.15, 0.2) is 60.7 Å². The monoisotopic (exact) mass is 542 g/mol. The number of benzene rings is 2. The van der Waals surface area contributed by atoms with Crippen LogP contribution in [0.25, 0.3) is 0 Å². The van der Waals surface area contributed by atoms with Crippen LogP contribution in [0.4, 0.5) is 0 Å². The molecule has 0 radical (unpaired) electrons. The Morgan fingerprint density at radius 3 is 1.79 bits per heavy atom. The van der Waals surface area contributed by atoms with E-state index in [0.29, 0.717) is 12.3 Å². The van der Waals surface area contributed by atoms with Gasteiger partial charge in [0.1, 0.15) is 0 Å². The third kappa shape index (κ3) is 7.35. The molecule has 1 unspecified atom stereocenters. The number of methoxy groups -OCH3 is 1. The van der Waals surface area contributed by atoms with Crippen molar-refractivity contribution < 1.29 is 24.2 Å². The van der Waals surface area contributed by atoms with Crippen LogP contribution in [0.2, 0.25) is 5.04 Å². The molecule has 2 aromatic rings. The lowest BCUT2D eigenvalue weighted by Crippen LogP contribution is -2.68. The lowest BCUT2D eigenvalue weighted by molar-refractivity contribution is -0.173. The second-order valence-corrected chi connectivity index (χ2v) is 16.2. The van der Waals surface area contributed by atoms with Gasteiger partial charge in [0.05, 0.1) is 13.2 Å². The normalized spacial score (nSPS) is 17.2. The summed E-state index contributed by atoms with van der Waals surface area (Å²) in [4.78, 5) is 12.1. The van der Waals surface area contributed by atoms with E-state index in [4.69, 9.17) is 9.16 Å². The molecule has 0 bridgehead atoms. The molecule has 0 spiro atoms.